The lowest BCUT2D eigenvalue weighted by Crippen LogP contribution is -1.81. The molecular formula is C17H14O. The lowest BCUT2D eigenvalue weighted by Gasteiger charge is -2.00. The van der Waals surface area contributed by atoms with Crippen molar-refractivity contribution in [2.24, 2.45) is 0 Å². The van der Waals surface area contributed by atoms with E-state index in [2.05, 4.69) is 42.5 Å². The molecule has 18 heavy (non-hydrogen) atoms. The Balaban J connectivity index is 2.02. The summed E-state index contributed by atoms with van der Waals surface area (Å²) in [6.45, 7) is 0. The molecule has 0 bridgehead atoms. The second-order valence-corrected chi connectivity index (χ2v) is 4.98. The Labute approximate surface area is 106 Å². The minimum atomic E-state index is 0.698. The Morgan fingerprint density at radius 1 is 0.833 bits per heavy atom. The summed E-state index contributed by atoms with van der Waals surface area (Å²) < 4.78 is 6.09. The summed E-state index contributed by atoms with van der Waals surface area (Å²) in [6, 6.07) is 18.8. The fourth-order valence-electron chi connectivity index (χ4n) is 2.65. The van der Waals surface area contributed by atoms with Crippen LogP contribution in [0.5, 0.6) is 0 Å². The van der Waals surface area contributed by atoms with Gasteiger partial charge in [0.2, 0.25) is 0 Å². The van der Waals surface area contributed by atoms with Crippen LogP contribution >= 0.6 is 0 Å². The normalized spacial score (nSPS) is 15.1. The molecule has 88 valence electrons. The molecular weight excluding hydrogens is 220 g/mol. The lowest BCUT2D eigenvalue weighted by atomic mass is 10.0. The largest absolute Gasteiger partial charge is 0.456 e. The molecule has 1 saturated carbocycles. The van der Waals surface area contributed by atoms with E-state index in [4.69, 9.17) is 4.42 Å². The van der Waals surface area contributed by atoms with Crippen molar-refractivity contribution in [1.29, 1.82) is 0 Å². The zero-order valence-electron chi connectivity index (χ0n) is 10.1. The molecule has 1 heterocycles. The minimum absolute atomic E-state index is 0.698. The number of fused-ring (bicyclic) bond motifs is 1. The second-order valence-electron chi connectivity index (χ2n) is 4.98. The highest BCUT2D eigenvalue weighted by Gasteiger charge is 2.31. The van der Waals surface area contributed by atoms with Crippen LogP contribution in [0, 0.1) is 0 Å². The van der Waals surface area contributed by atoms with Crippen molar-refractivity contribution in [1.82, 2.24) is 0 Å². The third-order valence-electron chi connectivity index (χ3n) is 3.66. The Hall–Kier alpha value is -2.02. The molecule has 3 aromatic rings. The van der Waals surface area contributed by atoms with Crippen molar-refractivity contribution >= 4 is 11.0 Å². The number of hydrogen-bond donors (Lipinski definition) is 0. The van der Waals surface area contributed by atoms with Gasteiger partial charge in [-0.2, -0.15) is 0 Å². The Bertz CT molecular complexity index is 690. The standard InChI is InChI=1S/C17H14O/c1-2-6-13(7-3-1)17-16(12-10-11-12)14-8-4-5-9-15(14)18-17/h1-9,12H,10-11H2. The SMILES string of the molecule is c1ccc(-c2oc3ccccc3c2C2CC2)cc1. The van der Waals surface area contributed by atoms with Gasteiger partial charge in [0.05, 0.1) is 0 Å². The summed E-state index contributed by atoms with van der Waals surface area (Å²) in [5.41, 5.74) is 3.62. The maximum Gasteiger partial charge on any atom is 0.138 e. The van der Waals surface area contributed by atoms with Crippen molar-refractivity contribution in [2.45, 2.75) is 18.8 Å². The molecule has 0 saturated heterocycles. The highest BCUT2D eigenvalue weighted by atomic mass is 16.3. The molecule has 0 N–H and O–H groups in total. The van der Waals surface area contributed by atoms with Gasteiger partial charge in [-0.15, -0.1) is 0 Å². The smallest absolute Gasteiger partial charge is 0.138 e. The summed E-state index contributed by atoms with van der Waals surface area (Å²) in [4.78, 5) is 0. The fourth-order valence-corrected chi connectivity index (χ4v) is 2.65. The van der Waals surface area contributed by atoms with Crippen molar-refractivity contribution in [2.75, 3.05) is 0 Å². The quantitative estimate of drug-likeness (QED) is 0.609. The summed E-state index contributed by atoms with van der Waals surface area (Å²) >= 11 is 0. The van der Waals surface area contributed by atoms with Crippen LogP contribution < -0.4 is 0 Å². The van der Waals surface area contributed by atoms with E-state index < -0.39 is 0 Å². The Kier molecular flexibility index (Phi) is 2.07. The van der Waals surface area contributed by atoms with Gasteiger partial charge in [0, 0.05) is 16.5 Å². The van der Waals surface area contributed by atoms with Gasteiger partial charge >= 0.3 is 0 Å². The summed E-state index contributed by atoms with van der Waals surface area (Å²) in [5, 5.41) is 1.29. The van der Waals surface area contributed by atoms with Gasteiger partial charge in [-0.1, -0.05) is 48.5 Å². The number of benzene rings is 2. The van der Waals surface area contributed by atoms with Crippen LogP contribution in [0.1, 0.15) is 24.3 Å². The van der Waals surface area contributed by atoms with E-state index >= 15 is 0 Å². The molecule has 2 aromatic carbocycles. The third kappa shape index (κ3) is 1.47. The molecule has 0 radical (unpaired) electrons. The van der Waals surface area contributed by atoms with Crippen molar-refractivity contribution in [3.63, 3.8) is 0 Å². The average Bonchev–Trinajstić information content (AvgIpc) is 3.19. The first kappa shape index (κ1) is 9.95. The number of hydrogen-bond acceptors (Lipinski definition) is 1. The Morgan fingerprint density at radius 2 is 1.56 bits per heavy atom. The van der Waals surface area contributed by atoms with Gasteiger partial charge in [-0.3, -0.25) is 0 Å². The fraction of sp³-hybridized carbons (Fsp3) is 0.176. The molecule has 1 fully saturated rings. The first-order chi connectivity index (χ1) is 8.93. The highest BCUT2D eigenvalue weighted by Crippen LogP contribution is 2.48. The molecule has 0 aliphatic heterocycles. The van der Waals surface area contributed by atoms with Crippen molar-refractivity contribution in [3.05, 3.63) is 60.2 Å². The topological polar surface area (TPSA) is 13.1 Å². The van der Waals surface area contributed by atoms with Crippen molar-refractivity contribution in [3.8, 4) is 11.3 Å². The average molecular weight is 234 g/mol. The van der Waals surface area contributed by atoms with Gasteiger partial charge in [0.25, 0.3) is 0 Å². The van der Waals surface area contributed by atoms with Gasteiger partial charge in [-0.05, 0) is 24.8 Å². The summed E-state index contributed by atoms with van der Waals surface area (Å²) in [5.74, 6) is 1.77. The first-order valence-electron chi connectivity index (χ1n) is 6.50. The molecule has 1 aliphatic carbocycles. The minimum Gasteiger partial charge on any atom is -0.456 e. The van der Waals surface area contributed by atoms with Crippen LogP contribution in [0.25, 0.3) is 22.3 Å². The first-order valence-corrected chi connectivity index (χ1v) is 6.50. The van der Waals surface area contributed by atoms with E-state index in [0.717, 1.165) is 11.3 Å². The molecule has 1 aromatic heterocycles. The molecule has 0 atom stereocenters. The van der Waals surface area contributed by atoms with Crippen LogP contribution in [0.4, 0.5) is 0 Å². The van der Waals surface area contributed by atoms with Gasteiger partial charge in [-0.25, -0.2) is 0 Å². The van der Waals surface area contributed by atoms with Crippen LogP contribution in [0.3, 0.4) is 0 Å². The number of rotatable bonds is 2. The van der Waals surface area contributed by atoms with Crippen molar-refractivity contribution < 1.29 is 4.42 Å². The van der Waals surface area contributed by atoms with Crippen LogP contribution in [0.15, 0.2) is 59.0 Å². The predicted molar refractivity (Wildman–Crippen MR) is 73.6 cm³/mol. The van der Waals surface area contributed by atoms with Crippen LogP contribution in [-0.2, 0) is 0 Å². The predicted octanol–water partition coefficient (Wildman–Crippen LogP) is 4.98. The maximum absolute atomic E-state index is 6.09. The molecule has 0 spiro atoms. The van der Waals surface area contributed by atoms with Crippen LogP contribution in [0.2, 0.25) is 0 Å². The van der Waals surface area contributed by atoms with Gasteiger partial charge in [0.15, 0.2) is 0 Å². The Morgan fingerprint density at radius 3 is 2.33 bits per heavy atom. The zero-order valence-corrected chi connectivity index (χ0v) is 10.1. The molecule has 0 amide bonds. The van der Waals surface area contributed by atoms with E-state index in [1.54, 1.807) is 0 Å². The van der Waals surface area contributed by atoms with E-state index in [0.29, 0.717) is 5.92 Å². The van der Waals surface area contributed by atoms with E-state index in [1.807, 2.05) is 12.1 Å². The molecule has 1 heteroatoms. The maximum atomic E-state index is 6.09. The number of furan rings is 1. The number of para-hydroxylation sites is 1. The molecule has 4 rings (SSSR count). The summed E-state index contributed by atoms with van der Waals surface area (Å²) in [6.07, 6.45) is 2.59. The van der Waals surface area contributed by atoms with E-state index in [9.17, 15) is 0 Å². The monoisotopic (exact) mass is 234 g/mol. The summed E-state index contributed by atoms with van der Waals surface area (Å²) in [7, 11) is 0. The highest BCUT2D eigenvalue weighted by molar-refractivity contribution is 5.89. The molecule has 1 nitrogen and oxygen atoms in total. The zero-order chi connectivity index (χ0) is 11.9. The molecule has 0 unspecified atom stereocenters. The molecule has 1 aliphatic rings. The van der Waals surface area contributed by atoms with Gasteiger partial charge in [0.1, 0.15) is 11.3 Å². The van der Waals surface area contributed by atoms with Gasteiger partial charge < -0.3 is 4.42 Å². The third-order valence-corrected chi connectivity index (χ3v) is 3.66. The van der Waals surface area contributed by atoms with E-state index in [1.165, 1.54) is 29.4 Å². The van der Waals surface area contributed by atoms with Crippen LogP contribution in [-0.4, -0.2) is 0 Å². The van der Waals surface area contributed by atoms with E-state index in [-0.39, 0.29) is 0 Å². The lowest BCUT2D eigenvalue weighted by molar-refractivity contribution is 0.627. The second kappa shape index (κ2) is 3.74.